The summed E-state index contributed by atoms with van der Waals surface area (Å²) in [5, 5.41) is 3.18. The molecule has 0 saturated carbocycles. The van der Waals surface area contributed by atoms with Crippen molar-refractivity contribution in [1.29, 1.82) is 0 Å². The molecule has 0 bridgehead atoms. The fourth-order valence-electron chi connectivity index (χ4n) is 1.89. The van der Waals surface area contributed by atoms with E-state index in [9.17, 15) is 9.59 Å². The number of nitrogens with one attached hydrogen (secondary N) is 1. The second-order valence-electron chi connectivity index (χ2n) is 4.38. The standard InChI is InChI=1S/C12H17N5O2/c1-16(12(19)10-8-14-2-3-15-10)9-11(18)17-6-4-13-5-7-17/h2-3,8,13H,4-7,9H2,1H3. The van der Waals surface area contributed by atoms with Gasteiger partial charge in [0, 0.05) is 45.6 Å². The van der Waals surface area contributed by atoms with Gasteiger partial charge in [0.15, 0.2) is 0 Å². The first-order valence-electron chi connectivity index (χ1n) is 6.18. The first kappa shape index (κ1) is 13.4. The number of likely N-dealkylation sites (N-methyl/N-ethyl adjacent to an activating group) is 1. The van der Waals surface area contributed by atoms with Gasteiger partial charge < -0.3 is 15.1 Å². The molecule has 1 N–H and O–H groups in total. The lowest BCUT2D eigenvalue weighted by Crippen LogP contribution is -2.49. The van der Waals surface area contributed by atoms with Gasteiger partial charge in [0.1, 0.15) is 5.69 Å². The van der Waals surface area contributed by atoms with E-state index in [0.717, 1.165) is 13.1 Å². The van der Waals surface area contributed by atoms with E-state index in [4.69, 9.17) is 0 Å². The summed E-state index contributed by atoms with van der Waals surface area (Å²) in [5.41, 5.74) is 0.248. The van der Waals surface area contributed by atoms with Gasteiger partial charge in [0.2, 0.25) is 5.91 Å². The van der Waals surface area contributed by atoms with Gasteiger partial charge in [-0.15, -0.1) is 0 Å². The monoisotopic (exact) mass is 263 g/mol. The van der Waals surface area contributed by atoms with Gasteiger partial charge >= 0.3 is 0 Å². The van der Waals surface area contributed by atoms with Gasteiger partial charge in [0.05, 0.1) is 12.7 Å². The molecular formula is C12H17N5O2. The van der Waals surface area contributed by atoms with Crippen LogP contribution < -0.4 is 5.32 Å². The van der Waals surface area contributed by atoms with E-state index in [1.165, 1.54) is 23.5 Å². The Bertz CT molecular complexity index is 445. The Morgan fingerprint density at radius 1 is 1.37 bits per heavy atom. The fourth-order valence-corrected chi connectivity index (χ4v) is 1.89. The van der Waals surface area contributed by atoms with E-state index in [1.807, 2.05) is 0 Å². The minimum Gasteiger partial charge on any atom is -0.339 e. The van der Waals surface area contributed by atoms with Crippen molar-refractivity contribution in [1.82, 2.24) is 25.1 Å². The molecule has 1 aliphatic rings. The van der Waals surface area contributed by atoms with Crippen LogP contribution in [0.25, 0.3) is 0 Å². The molecule has 0 spiro atoms. The normalized spacial score (nSPS) is 15.1. The van der Waals surface area contributed by atoms with Crippen LogP contribution in [0.4, 0.5) is 0 Å². The average Bonchev–Trinajstić information content (AvgIpc) is 2.48. The first-order valence-corrected chi connectivity index (χ1v) is 6.18. The topological polar surface area (TPSA) is 78.4 Å². The third-order valence-corrected chi connectivity index (χ3v) is 2.97. The summed E-state index contributed by atoms with van der Waals surface area (Å²) in [6.45, 7) is 3.04. The summed E-state index contributed by atoms with van der Waals surface area (Å²) in [7, 11) is 1.59. The van der Waals surface area contributed by atoms with E-state index in [0.29, 0.717) is 13.1 Å². The second-order valence-corrected chi connectivity index (χ2v) is 4.38. The van der Waals surface area contributed by atoms with Crippen molar-refractivity contribution >= 4 is 11.8 Å². The molecule has 19 heavy (non-hydrogen) atoms. The molecule has 1 aromatic heterocycles. The van der Waals surface area contributed by atoms with Crippen LogP contribution in [0.1, 0.15) is 10.5 Å². The number of piperazine rings is 1. The SMILES string of the molecule is CN(CC(=O)N1CCNCC1)C(=O)c1cnccn1. The highest BCUT2D eigenvalue weighted by atomic mass is 16.2. The van der Waals surface area contributed by atoms with Crippen molar-refractivity contribution in [2.75, 3.05) is 39.8 Å². The van der Waals surface area contributed by atoms with Gasteiger partial charge in [-0.2, -0.15) is 0 Å². The Hall–Kier alpha value is -2.02. The highest BCUT2D eigenvalue weighted by Crippen LogP contribution is 2.00. The summed E-state index contributed by atoms with van der Waals surface area (Å²) < 4.78 is 0. The van der Waals surface area contributed by atoms with Crippen LogP contribution in [0.5, 0.6) is 0 Å². The number of rotatable bonds is 3. The van der Waals surface area contributed by atoms with E-state index in [-0.39, 0.29) is 24.1 Å². The van der Waals surface area contributed by atoms with Gasteiger partial charge in [-0.1, -0.05) is 0 Å². The summed E-state index contributed by atoms with van der Waals surface area (Å²) in [4.78, 5) is 34.9. The molecule has 2 amide bonds. The molecule has 1 aromatic rings. The molecule has 2 rings (SSSR count). The fraction of sp³-hybridized carbons (Fsp3) is 0.500. The number of carbonyl (C=O) groups excluding carboxylic acids is 2. The number of hydrogen-bond acceptors (Lipinski definition) is 5. The zero-order valence-electron chi connectivity index (χ0n) is 10.9. The van der Waals surface area contributed by atoms with E-state index >= 15 is 0 Å². The van der Waals surface area contributed by atoms with Crippen LogP contribution in [0, 0.1) is 0 Å². The van der Waals surface area contributed by atoms with E-state index < -0.39 is 0 Å². The molecule has 0 atom stereocenters. The number of hydrogen-bond donors (Lipinski definition) is 1. The lowest BCUT2D eigenvalue weighted by molar-refractivity contribution is -0.132. The Morgan fingerprint density at radius 2 is 2.11 bits per heavy atom. The highest BCUT2D eigenvalue weighted by molar-refractivity contribution is 5.94. The Balaban J connectivity index is 1.91. The Labute approximate surface area is 111 Å². The summed E-state index contributed by atoms with van der Waals surface area (Å²) in [6.07, 6.45) is 4.36. The molecule has 1 saturated heterocycles. The molecule has 0 unspecified atom stereocenters. The van der Waals surface area contributed by atoms with Gasteiger partial charge in [-0.05, 0) is 0 Å². The molecule has 7 heteroatoms. The minimum absolute atomic E-state index is 0.0405. The third kappa shape index (κ3) is 3.47. The number of aromatic nitrogens is 2. The van der Waals surface area contributed by atoms with Gasteiger partial charge in [-0.3, -0.25) is 14.6 Å². The average molecular weight is 263 g/mol. The zero-order valence-corrected chi connectivity index (χ0v) is 10.9. The second kappa shape index (κ2) is 6.24. The van der Waals surface area contributed by atoms with Crippen LogP contribution in [0.2, 0.25) is 0 Å². The van der Waals surface area contributed by atoms with Crippen molar-refractivity contribution in [3.8, 4) is 0 Å². The largest absolute Gasteiger partial charge is 0.339 e. The van der Waals surface area contributed by atoms with Crippen molar-refractivity contribution in [3.63, 3.8) is 0 Å². The van der Waals surface area contributed by atoms with Crippen LogP contribution in [-0.4, -0.2) is 71.4 Å². The summed E-state index contributed by atoms with van der Waals surface area (Å²) >= 11 is 0. The zero-order chi connectivity index (χ0) is 13.7. The maximum Gasteiger partial charge on any atom is 0.274 e. The van der Waals surface area contributed by atoms with E-state index in [1.54, 1.807) is 11.9 Å². The maximum atomic E-state index is 12.0. The van der Waals surface area contributed by atoms with Gasteiger partial charge in [0.25, 0.3) is 5.91 Å². The van der Waals surface area contributed by atoms with Gasteiger partial charge in [-0.25, -0.2) is 4.98 Å². The molecule has 0 aliphatic carbocycles. The molecule has 1 fully saturated rings. The highest BCUT2D eigenvalue weighted by Gasteiger charge is 2.21. The van der Waals surface area contributed by atoms with Crippen molar-refractivity contribution in [2.45, 2.75) is 0 Å². The van der Waals surface area contributed by atoms with Crippen molar-refractivity contribution < 1.29 is 9.59 Å². The van der Waals surface area contributed by atoms with Crippen LogP contribution >= 0.6 is 0 Å². The number of nitrogens with zero attached hydrogens (tertiary/aromatic N) is 4. The third-order valence-electron chi connectivity index (χ3n) is 2.97. The number of carbonyl (C=O) groups is 2. The quantitative estimate of drug-likeness (QED) is 0.755. The maximum absolute atomic E-state index is 12.0. The first-order chi connectivity index (χ1) is 9.18. The predicted molar refractivity (Wildman–Crippen MR) is 68.4 cm³/mol. The lowest BCUT2D eigenvalue weighted by atomic mass is 10.3. The number of amides is 2. The summed E-state index contributed by atoms with van der Waals surface area (Å²) in [6, 6.07) is 0. The van der Waals surface area contributed by atoms with E-state index in [2.05, 4.69) is 15.3 Å². The van der Waals surface area contributed by atoms with Crippen molar-refractivity contribution in [3.05, 3.63) is 24.3 Å². The molecular weight excluding hydrogens is 246 g/mol. The Morgan fingerprint density at radius 3 is 2.74 bits per heavy atom. The smallest absolute Gasteiger partial charge is 0.274 e. The molecule has 2 heterocycles. The minimum atomic E-state index is -0.295. The molecule has 1 aliphatic heterocycles. The molecule has 7 nitrogen and oxygen atoms in total. The van der Waals surface area contributed by atoms with Crippen LogP contribution in [-0.2, 0) is 4.79 Å². The molecule has 102 valence electrons. The lowest BCUT2D eigenvalue weighted by Gasteiger charge is -2.29. The van der Waals surface area contributed by atoms with Crippen LogP contribution in [0.3, 0.4) is 0 Å². The predicted octanol–water partition coefficient (Wildman–Crippen LogP) is -1.02. The summed E-state index contributed by atoms with van der Waals surface area (Å²) in [5.74, 6) is -0.335. The molecule has 0 radical (unpaired) electrons. The Kier molecular flexibility index (Phi) is 4.40. The van der Waals surface area contributed by atoms with Crippen LogP contribution in [0.15, 0.2) is 18.6 Å². The molecule has 0 aromatic carbocycles. The van der Waals surface area contributed by atoms with Crippen molar-refractivity contribution in [2.24, 2.45) is 0 Å².